The predicted molar refractivity (Wildman–Crippen MR) is 121 cm³/mol. The molecule has 1 atom stereocenters. The molecule has 9 nitrogen and oxygen atoms in total. The number of hydrogen-bond acceptors (Lipinski definition) is 7. The fraction of sp³-hybridized carbons (Fsp3) is 0.304. The monoisotopic (exact) mass is 435 g/mol. The summed E-state index contributed by atoms with van der Waals surface area (Å²) in [6, 6.07) is 10.6. The second-order valence-electron chi connectivity index (χ2n) is 7.46. The molecule has 3 heterocycles. The summed E-state index contributed by atoms with van der Waals surface area (Å²) in [6.07, 6.45) is 7.81. The van der Waals surface area contributed by atoms with Gasteiger partial charge < -0.3 is 9.84 Å². The molecule has 32 heavy (non-hydrogen) atoms. The van der Waals surface area contributed by atoms with Crippen molar-refractivity contribution >= 4 is 6.21 Å². The zero-order chi connectivity index (χ0) is 22.5. The molecular weight excluding hydrogens is 410 g/mol. The van der Waals surface area contributed by atoms with E-state index in [1.165, 1.54) is 6.21 Å². The molecule has 1 aliphatic rings. The van der Waals surface area contributed by atoms with Gasteiger partial charge in [0, 0.05) is 18.9 Å². The van der Waals surface area contributed by atoms with Gasteiger partial charge in [-0.25, -0.2) is 9.36 Å². The van der Waals surface area contributed by atoms with Crippen molar-refractivity contribution in [2.45, 2.75) is 32.2 Å². The van der Waals surface area contributed by atoms with Crippen molar-refractivity contribution in [3.8, 4) is 17.3 Å². The zero-order valence-corrected chi connectivity index (χ0v) is 17.8. The molecule has 2 N–H and O–H groups in total. The van der Waals surface area contributed by atoms with Gasteiger partial charge in [-0.15, -0.1) is 0 Å². The fourth-order valence-electron chi connectivity index (χ4n) is 3.85. The van der Waals surface area contributed by atoms with E-state index in [0.29, 0.717) is 24.6 Å². The molecule has 1 aliphatic heterocycles. The Morgan fingerprint density at radius 1 is 1.25 bits per heavy atom. The number of pyridine rings is 1. The summed E-state index contributed by atoms with van der Waals surface area (Å²) in [5, 5.41) is 17.2. The van der Waals surface area contributed by atoms with E-state index in [1.54, 1.807) is 30.5 Å². The SMILES string of the molecule is CCOc1ccc(-n2c(O)c(C=NN3CCCC[C@H]3c3cccnc3)c(=O)[nH]c2=O)cc1. The standard InChI is InChI=1S/C23H25N5O4/c1-2-32-18-10-8-17(9-11-18)28-22(30)19(21(29)26-23(28)31)15-25-27-13-4-3-7-20(27)16-6-5-12-24-14-16/h5-6,8-12,14-15,20,30H,2-4,7,13H2,1H3,(H,26,29,31)/t20-/m0/s1. The molecular formula is C23H25N5O4. The summed E-state index contributed by atoms with van der Waals surface area (Å²) in [6.45, 7) is 3.10. The number of nitrogens with one attached hydrogen (secondary N) is 1. The molecule has 0 aliphatic carbocycles. The number of H-pyrrole nitrogens is 1. The Labute approximate surface area is 184 Å². The van der Waals surface area contributed by atoms with Crippen LogP contribution in [0.15, 0.2) is 63.5 Å². The normalized spacial score (nSPS) is 16.4. The molecule has 9 heteroatoms. The molecule has 4 rings (SSSR count). The van der Waals surface area contributed by atoms with Gasteiger partial charge in [-0.2, -0.15) is 5.10 Å². The van der Waals surface area contributed by atoms with Crippen LogP contribution in [0.1, 0.15) is 43.4 Å². The highest BCUT2D eigenvalue weighted by Gasteiger charge is 2.23. The van der Waals surface area contributed by atoms with Crippen LogP contribution in [0.25, 0.3) is 5.69 Å². The maximum Gasteiger partial charge on any atom is 0.335 e. The zero-order valence-electron chi connectivity index (χ0n) is 17.8. The van der Waals surface area contributed by atoms with Gasteiger partial charge in [0.1, 0.15) is 11.3 Å². The van der Waals surface area contributed by atoms with Crippen molar-refractivity contribution in [1.82, 2.24) is 19.5 Å². The average molecular weight is 435 g/mol. The number of ether oxygens (including phenoxy) is 1. The number of rotatable bonds is 6. The number of aromatic nitrogens is 3. The van der Waals surface area contributed by atoms with E-state index in [4.69, 9.17) is 4.74 Å². The molecule has 0 amide bonds. The van der Waals surface area contributed by atoms with Crippen LogP contribution in [0, 0.1) is 0 Å². The van der Waals surface area contributed by atoms with E-state index in [9.17, 15) is 14.7 Å². The van der Waals surface area contributed by atoms with Crippen molar-refractivity contribution in [2.75, 3.05) is 13.2 Å². The maximum atomic E-state index is 12.4. The van der Waals surface area contributed by atoms with Crippen LogP contribution in [-0.4, -0.2) is 44.0 Å². The molecule has 0 radical (unpaired) electrons. The molecule has 0 unspecified atom stereocenters. The molecule has 0 spiro atoms. The second kappa shape index (κ2) is 9.51. The van der Waals surface area contributed by atoms with E-state index < -0.39 is 17.1 Å². The number of nitrogens with zero attached hydrogens (tertiary/aromatic N) is 4. The molecule has 2 aromatic heterocycles. The summed E-state index contributed by atoms with van der Waals surface area (Å²) in [5.74, 6) is 0.170. The number of aromatic amines is 1. The molecule has 1 fully saturated rings. The smallest absolute Gasteiger partial charge is 0.335 e. The Morgan fingerprint density at radius 3 is 2.78 bits per heavy atom. The summed E-state index contributed by atoms with van der Waals surface area (Å²) in [7, 11) is 0. The van der Waals surface area contributed by atoms with Crippen molar-refractivity contribution in [1.29, 1.82) is 0 Å². The van der Waals surface area contributed by atoms with Crippen LogP contribution in [0.2, 0.25) is 0 Å². The van der Waals surface area contributed by atoms with Gasteiger partial charge >= 0.3 is 5.69 Å². The van der Waals surface area contributed by atoms with Crippen LogP contribution in [-0.2, 0) is 0 Å². The summed E-state index contributed by atoms with van der Waals surface area (Å²) in [5.41, 5.74) is -0.0858. The lowest BCUT2D eigenvalue weighted by atomic mass is 9.98. The number of hydrazone groups is 1. The van der Waals surface area contributed by atoms with E-state index in [1.807, 2.05) is 30.3 Å². The van der Waals surface area contributed by atoms with Gasteiger partial charge in [-0.05, 0) is 62.1 Å². The lowest BCUT2D eigenvalue weighted by Gasteiger charge is -2.33. The Balaban J connectivity index is 1.68. The highest BCUT2D eigenvalue weighted by Crippen LogP contribution is 2.30. The lowest BCUT2D eigenvalue weighted by molar-refractivity contribution is 0.156. The van der Waals surface area contributed by atoms with Gasteiger partial charge in [0.05, 0.1) is 24.6 Å². The van der Waals surface area contributed by atoms with Crippen molar-refractivity contribution in [2.24, 2.45) is 5.10 Å². The first kappa shape index (κ1) is 21.4. The van der Waals surface area contributed by atoms with E-state index in [-0.39, 0.29) is 11.6 Å². The number of aromatic hydroxyl groups is 1. The van der Waals surface area contributed by atoms with Gasteiger partial charge in [-0.3, -0.25) is 19.8 Å². The third-order valence-electron chi connectivity index (χ3n) is 5.41. The minimum atomic E-state index is -0.736. The van der Waals surface area contributed by atoms with Crippen molar-refractivity contribution < 1.29 is 9.84 Å². The highest BCUT2D eigenvalue weighted by molar-refractivity contribution is 5.82. The summed E-state index contributed by atoms with van der Waals surface area (Å²) >= 11 is 0. The Kier molecular flexibility index (Phi) is 6.34. The minimum Gasteiger partial charge on any atom is -0.494 e. The molecule has 3 aromatic rings. The highest BCUT2D eigenvalue weighted by atomic mass is 16.5. The number of piperidine rings is 1. The van der Waals surface area contributed by atoms with Crippen molar-refractivity contribution in [3.05, 3.63) is 80.8 Å². The topological polar surface area (TPSA) is 113 Å². The summed E-state index contributed by atoms with van der Waals surface area (Å²) < 4.78 is 6.45. The van der Waals surface area contributed by atoms with E-state index in [2.05, 4.69) is 15.1 Å². The van der Waals surface area contributed by atoms with Crippen LogP contribution in [0.3, 0.4) is 0 Å². The van der Waals surface area contributed by atoms with E-state index in [0.717, 1.165) is 29.4 Å². The fourth-order valence-corrected chi connectivity index (χ4v) is 3.85. The molecule has 166 valence electrons. The Bertz CT molecular complexity index is 1200. The lowest BCUT2D eigenvalue weighted by Crippen LogP contribution is -2.32. The third-order valence-corrected chi connectivity index (χ3v) is 5.41. The van der Waals surface area contributed by atoms with Crippen LogP contribution < -0.4 is 16.0 Å². The largest absolute Gasteiger partial charge is 0.494 e. The van der Waals surface area contributed by atoms with Crippen molar-refractivity contribution in [3.63, 3.8) is 0 Å². The number of benzene rings is 1. The molecule has 0 bridgehead atoms. The Morgan fingerprint density at radius 2 is 2.06 bits per heavy atom. The van der Waals surface area contributed by atoms with Crippen LogP contribution >= 0.6 is 0 Å². The predicted octanol–water partition coefficient (Wildman–Crippen LogP) is 2.59. The van der Waals surface area contributed by atoms with Gasteiger partial charge in [0.2, 0.25) is 5.88 Å². The third kappa shape index (κ3) is 4.41. The Hall–Kier alpha value is -3.88. The van der Waals surface area contributed by atoms with E-state index >= 15 is 0 Å². The maximum absolute atomic E-state index is 12.4. The average Bonchev–Trinajstić information content (AvgIpc) is 2.81. The summed E-state index contributed by atoms with van der Waals surface area (Å²) in [4.78, 5) is 31.3. The number of hydrogen-bond donors (Lipinski definition) is 2. The molecule has 1 aromatic carbocycles. The first-order chi connectivity index (χ1) is 15.6. The minimum absolute atomic E-state index is 0.0342. The van der Waals surface area contributed by atoms with Gasteiger partial charge in [-0.1, -0.05) is 6.07 Å². The van der Waals surface area contributed by atoms with Gasteiger partial charge in [0.15, 0.2) is 0 Å². The van der Waals surface area contributed by atoms with Crippen LogP contribution in [0.5, 0.6) is 11.6 Å². The van der Waals surface area contributed by atoms with Gasteiger partial charge in [0.25, 0.3) is 5.56 Å². The quantitative estimate of drug-likeness (QED) is 0.576. The first-order valence-corrected chi connectivity index (χ1v) is 10.6. The second-order valence-corrected chi connectivity index (χ2v) is 7.46. The molecule has 1 saturated heterocycles. The first-order valence-electron chi connectivity index (χ1n) is 10.6. The molecule has 0 saturated carbocycles. The van der Waals surface area contributed by atoms with Crippen LogP contribution in [0.4, 0.5) is 0 Å².